The normalized spacial score (nSPS) is 16.5. The molecule has 0 atom stereocenters. The maximum Gasteiger partial charge on any atom is 0.311 e. The average Bonchev–Trinajstić information content (AvgIpc) is 3.08. The zero-order chi connectivity index (χ0) is 11.6. The van der Waals surface area contributed by atoms with Crippen molar-refractivity contribution in [2.75, 3.05) is 6.54 Å². The highest BCUT2D eigenvalue weighted by Crippen LogP contribution is 2.45. The Kier molecular flexibility index (Phi) is 2.60. The van der Waals surface area contributed by atoms with E-state index in [-0.39, 0.29) is 12.5 Å². The van der Waals surface area contributed by atoms with Crippen LogP contribution in [0, 0.1) is 5.41 Å². The van der Waals surface area contributed by atoms with Gasteiger partial charge in [0.15, 0.2) is 0 Å². The summed E-state index contributed by atoms with van der Waals surface area (Å²) in [5, 5.41) is 11.5. The number of nitrogens with one attached hydrogen (secondary N) is 1. The zero-order valence-electron chi connectivity index (χ0n) is 8.64. The number of carboxylic acids is 1. The molecule has 1 aromatic rings. The van der Waals surface area contributed by atoms with Crippen LogP contribution < -0.4 is 5.32 Å². The Morgan fingerprint density at radius 3 is 2.75 bits per heavy atom. The number of hydrogen-bond donors (Lipinski definition) is 2. The van der Waals surface area contributed by atoms with E-state index >= 15 is 0 Å². The monoisotopic (exact) mass is 220 g/mol. The Hall–Kier alpha value is -1.91. The second-order valence-corrected chi connectivity index (χ2v) is 4.01. The van der Waals surface area contributed by atoms with Gasteiger partial charge in [-0.25, -0.2) is 0 Å². The molecular weight excluding hydrogens is 208 g/mol. The maximum absolute atomic E-state index is 11.6. The van der Waals surface area contributed by atoms with E-state index in [2.05, 4.69) is 10.3 Å². The van der Waals surface area contributed by atoms with Gasteiger partial charge in [-0.2, -0.15) is 0 Å². The number of pyridine rings is 1. The van der Waals surface area contributed by atoms with E-state index in [1.165, 1.54) is 6.20 Å². The maximum atomic E-state index is 11.6. The lowest BCUT2D eigenvalue weighted by atomic mass is 10.1. The quantitative estimate of drug-likeness (QED) is 0.781. The molecule has 0 unspecified atom stereocenters. The van der Waals surface area contributed by atoms with Gasteiger partial charge in [-0.1, -0.05) is 0 Å². The van der Waals surface area contributed by atoms with Crippen LogP contribution in [0.1, 0.15) is 23.2 Å². The van der Waals surface area contributed by atoms with E-state index in [9.17, 15) is 9.59 Å². The lowest BCUT2D eigenvalue weighted by molar-refractivity contribution is -0.143. The Labute approximate surface area is 92.5 Å². The first kappa shape index (κ1) is 10.6. The molecule has 1 aromatic heterocycles. The number of amides is 1. The smallest absolute Gasteiger partial charge is 0.311 e. The van der Waals surface area contributed by atoms with Crippen LogP contribution in [0.3, 0.4) is 0 Å². The Bertz CT molecular complexity index is 412. The summed E-state index contributed by atoms with van der Waals surface area (Å²) in [5.74, 6) is -1.11. The molecule has 5 nitrogen and oxygen atoms in total. The van der Waals surface area contributed by atoms with Crippen LogP contribution in [-0.2, 0) is 4.79 Å². The molecule has 0 bridgehead atoms. The standard InChI is InChI=1S/C11H12N2O3/c14-9(8-2-1-5-12-6-8)13-7-11(3-4-11)10(15)16/h1-2,5-6H,3-4,7H2,(H,13,14)(H,15,16). The van der Waals surface area contributed by atoms with Gasteiger partial charge in [0.1, 0.15) is 0 Å². The van der Waals surface area contributed by atoms with Crippen molar-refractivity contribution in [3.8, 4) is 0 Å². The van der Waals surface area contributed by atoms with Gasteiger partial charge < -0.3 is 10.4 Å². The van der Waals surface area contributed by atoms with Gasteiger partial charge in [-0.15, -0.1) is 0 Å². The summed E-state index contributed by atoms with van der Waals surface area (Å²) in [7, 11) is 0. The van der Waals surface area contributed by atoms with Crippen molar-refractivity contribution in [1.82, 2.24) is 10.3 Å². The molecule has 0 aromatic carbocycles. The first-order valence-corrected chi connectivity index (χ1v) is 5.06. The van der Waals surface area contributed by atoms with Crippen molar-refractivity contribution in [3.05, 3.63) is 30.1 Å². The number of rotatable bonds is 4. The Balaban J connectivity index is 1.92. The molecule has 1 fully saturated rings. The van der Waals surface area contributed by atoms with Crippen molar-refractivity contribution >= 4 is 11.9 Å². The fourth-order valence-corrected chi connectivity index (χ4v) is 1.47. The summed E-state index contributed by atoms with van der Waals surface area (Å²) < 4.78 is 0. The number of carbonyl (C=O) groups is 2. The highest BCUT2D eigenvalue weighted by atomic mass is 16.4. The second kappa shape index (κ2) is 3.92. The fourth-order valence-electron chi connectivity index (χ4n) is 1.47. The predicted molar refractivity (Wildman–Crippen MR) is 55.9 cm³/mol. The van der Waals surface area contributed by atoms with Crippen molar-refractivity contribution < 1.29 is 14.7 Å². The summed E-state index contributed by atoms with van der Waals surface area (Å²) in [6.07, 6.45) is 4.30. The third-order valence-corrected chi connectivity index (χ3v) is 2.82. The molecule has 0 radical (unpaired) electrons. The fraction of sp³-hybridized carbons (Fsp3) is 0.364. The second-order valence-electron chi connectivity index (χ2n) is 4.01. The zero-order valence-corrected chi connectivity index (χ0v) is 8.64. The summed E-state index contributed by atoms with van der Waals surface area (Å²) in [6, 6.07) is 3.31. The van der Waals surface area contributed by atoms with Crippen molar-refractivity contribution in [2.24, 2.45) is 5.41 Å². The summed E-state index contributed by atoms with van der Waals surface area (Å²) in [6.45, 7) is 0.191. The van der Waals surface area contributed by atoms with Gasteiger partial charge in [-0.3, -0.25) is 14.6 Å². The first-order valence-electron chi connectivity index (χ1n) is 5.06. The SMILES string of the molecule is O=C(NCC1(C(=O)O)CC1)c1cccnc1. The van der Waals surface area contributed by atoms with Gasteiger partial charge in [0.25, 0.3) is 5.91 Å². The summed E-state index contributed by atoms with van der Waals surface area (Å²) in [5.41, 5.74) is -0.276. The van der Waals surface area contributed by atoms with Crippen molar-refractivity contribution in [1.29, 1.82) is 0 Å². The molecule has 1 amide bonds. The largest absolute Gasteiger partial charge is 0.481 e. The van der Waals surface area contributed by atoms with Gasteiger partial charge in [0.2, 0.25) is 0 Å². The van der Waals surface area contributed by atoms with Crippen LogP contribution in [0.15, 0.2) is 24.5 Å². The third-order valence-electron chi connectivity index (χ3n) is 2.82. The molecule has 0 saturated heterocycles. The minimum absolute atomic E-state index is 0.191. The van der Waals surface area contributed by atoms with E-state index < -0.39 is 11.4 Å². The Morgan fingerprint density at radius 1 is 1.50 bits per heavy atom. The topological polar surface area (TPSA) is 79.3 Å². The third kappa shape index (κ3) is 2.03. The number of carbonyl (C=O) groups excluding carboxylic acids is 1. The number of aromatic nitrogens is 1. The molecule has 1 heterocycles. The van der Waals surface area contributed by atoms with E-state index in [0.717, 1.165) is 0 Å². The van der Waals surface area contributed by atoms with Gasteiger partial charge in [0, 0.05) is 18.9 Å². The minimum Gasteiger partial charge on any atom is -0.481 e. The molecule has 2 rings (SSSR count). The first-order chi connectivity index (χ1) is 7.64. The van der Waals surface area contributed by atoms with Crippen molar-refractivity contribution in [2.45, 2.75) is 12.8 Å². The number of nitrogens with zero attached hydrogens (tertiary/aromatic N) is 1. The van der Waals surface area contributed by atoms with Crippen LogP contribution in [0.5, 0.6) is 0 Å². The predicted octanol–water partition coefficient (Wildman–Crippen LogP) is 0.676. The molecule has 5 heteroatoms. The molecule has 0 aliphatic heterocycles. The molecule has 0 spiro atoms. The summed E-state index contributed by atoms with van der Waals surface area (Å²) in [4.78, 5) is 26.3. The number of hydrogen-bond acceptors (Lipinski definition) is 3. The van der Waals surface area contributed by atoms with Gasteiger partial charge in [0.05, 0.1) is 11.0 Å². The molecule has 84 valence electrons. The Morgan fingerprint density at radius 2 is 2.25 bits per heavy atom. The van der Waals surface area contributed by atoms with E-state index in [4.69, 9.17) is 5.11 Å². The molecule has 1 aliphatic carbocycles. The molecule has 1 saturated carbocycles. The molecule has 2 N–H and O–H groups in total. The highest BCUT2D eigenvalue weighted by molar-refractivity contribution is 5.94. The molecular formula is C11H12N2O3. The highest BCUT2D eigenvalue weighted by Gasteiger charge is 2.50. The number of aliphatic carboxylic acids is 1. The van der Waals surface area contributed by atoms with Gasteiger partial charge >= 0.3 is 5.97 Å². The van der Waals surface area contributed by atoms with E-state index in [1.807, 2.05) is 0 Å². The lowest BCUT2D eigenvalue weighted by Gasteiger charge is -2.10. The van der Waals surface area contributed by atoms with Crippen LogP contribution in [-0.4, -0.2) is 28.5 Å². The minimum atomic E-state index is -0.834. The van der Waals surface area contributed by atoms with E-state index in [1.54, 1.807) is 18.3 Å². The average molecular weight is 220 g/mol. The van der Waals surface area contributed by atoms with E-state index in [0.29, 0.717) is 18.4 Å². The van der Waals surface area contributed by atoms with Crippen LogP contribution in [0.25, 0.3) is 0 Å². The number of carboxylic acid groups (broad SMARTS) is 1. The molecule has 1 aliphatic rings. The van der Waals surface area contributed by atoms with Crippen LogP contribution >= 0.6 is 0 Å². The van der Waals surface area contributed by atoms with Crippen LogP contribution in [0.2, 0.25) is 0 Å². The van der Waals surface area contributed by atoms with Gasteiger partial charge in [-0.05, 0) is 25.0 Å². The molecule has 16 heavy (non-hydrogen) atoms. The summed E-state index contributed by atoms with van der Waals surface area (Å²) >= 11 is 0. The van der Waals surface area contributed by atoms with Crippen LogP contribution in [0.4, 0.5) is 0 Å². The van der Waals surface area contributed by atoms with Crippen molar-refractivity contribution in [3.63, 3.8) is 0 Å². The lowest BCUT2D eigenvalue weighted by Crippen LogP contribution is -2.34.